The SMILES string of the molecule is CCCC(=O)Nc1ccc(Cl)c(NCC(=O)Nc2ccc(C(=O)N3CCOCC3)cc2)c1. The highest BCUT2D eigenvalue weighted by Crippen LogP contribution is 2.25. The van der Waals surface area contributed by atoms with E-state index in [1.165, 1.54) is 0 Å². The van der Waals surface area contributed by atoms with Crippen molar-refractivity contribution in [3.63, 3.8) is 0 Å². The molecule has 0 bridgehead atoms. The summed E-state index contributed by atoms with van der Waals surface area (Å²) < 4.78 is 5.27. The molecule has 2 aromatic carbocycles. The molecule has 8 nitrogen and oxygen atoms in total. The quantitative estimate of drug-likeness (QED) is 0.561. The molecule has 170 valence electrons. The van der Waals surface area contributed by atoms with E-state index < -0.39 is 0 Å². The maximum atomic E-state index is 12.5. The lowest BCUT2D eigenvalue weighted by Gasteiger charge is -2.26. The third-order valence-corrected chi connectivity index (χ3v) is 5.21. The Morgan fingerprint density at radius 3 is 2.31 bits per heavy atom. The van der Waals surface area contributed by atoms with Crippen molar-refractivity contribution < 1.29 is 19.1 Å². The number of halogens is 1. The summed E-state index contributed by atoms with van der Waals surface area (Å²) in [7, 11) is 0. The third-order valence-electron chi connectivity index (χ3n) is 4.88. The maximum absolute atomic E-state index is 12.5. The van der Waals surface area contributed by atoms with E-state index in [9.17, 15) is 14.4 Å². The molecule has 0 saturated carbocycles. The van der Waals surface area contributed by atoms with Gasteiger partial charge in [-0.3, -0.25) is 14.4 Å². The van der Waals surface area contributed by atoms with Gasteiger partial charge in [-0.25, -0.2) is 0 Å². The number of amides is 3. The van der Waals surface area contributed by atoms with Gasteiger partial charge in [0, 0.05) is 36.4 Å². The van der Waals surface area contributed by atoms with Crippen LogP contribution in [0, 0.1) is 0 Å². The molecule has 1 aliphatic heterocycles. The smallest absolute Gasteiger partial charge is 0.254 e. The molecule has 1 heterocycles. The van der Waals surface area contributed by atoms with Crippen molar-refractivity contribution in [1.29, 1.82) is 0 Å². The molecule has 0 spiro atoms. The summed E-state index contributed by atoms with van der Waals surface area (Å²) in [4.78, 5) is 38.4. The Kier molecular flexibility index (Phi) is 8.47. The second-order valence-electron chi connectivity index (χ2n) is 7.38. The van der Waals surface area contributed by atoms with Crippen molar-refractivity contribution in [2.24, 2.45) is 0 Å². The number of rotatable bonds is 8. The Morgan fingerprint density at radius 2 is 1.62 bits per heavy atom. The second kappa shape index (κ2) is 11.5. The van der Waals surface area contributed by atoms with Gasteiger partial charge < -0.3 is 25.6 Å². The molecule has 3 N–H and O–H groups in total. The predicted octanol–water partition coefficient (Wildman–Crippen LogP) is 3.60. The lowest BCUT2D eigenvalue weighted by molar-refractivity contribution is -0.116. The van der Waals surface area contributed by atoms with Crippen molar-refractivity contribution in [3.8, 4) is 0 Å². The number of anilines is 3. The average Bonchev–Trinajstić information content (AvgIpc) is 2.80. The van der Waals surface area contributed by atoms with Gasteiger partial charge in [0.15, 0.2) is 0 Å². The van der Waals surface area contributed by atoms with Crippen LogP contribution >= 0.6 is 11.6 Å². The number of ether oxygens (including phenoxy) is 1. The number of hydrogen-bond donors (Lipinski definition) is 3. The first-order valence-corrected chi connectivity index (χ1v) is 10.9. The number of morpholine rings is 1. The zero-order valence-electron chi connectivity index (χ0n) is 17.9. The lowest BCUT2D eigenvalue weighted by atomic mass is 10.1. The Bertz CT molecular complexity index is 959. The molecule has 0 radical (unpaired) electrons. The van der Waals surface area contributed by atoms with Gasteiger partial charge in [0.1, 0.15) is 0 Å². The van der Waals surface area contributed by atoms with Gasteiger partial charge in [-0.15, -0.1) is 0 Å². The molecule has 2 aromatic rings. The van der Waals surface area contributed by atoms with Crippen LogP contribution in [0.3, 0.4) is 0 Å². The van der Waals surface area contributed by atoms with Crippen LogP contribution in [0.25, 0.3) is 0 Å². The van der Waals surface area contributed by atoms with E-state index in [0.717, 1.165) is 6.42 Å². The molecule has 32 heavy (non-hydrogen) atoms. The Balaban J connectivity index is 1.52. The highest BCUT2D eigenvalue weighted by molar-refractivity contribution is 6.33. The van der Waals surface area contributed by atoms with Gasteiger partial charge in [0.05, 0.1) is 30.5 Å². The summed E-state index contributed by atoms with van der Waals surface area (Å²) in [6.07, 6.45) is 1.19. The monoisotopic (exact) mass is 458 g/mol. The van der Waals surface area contributed by atoms with E-state index in [2.05, 4.69) is 16.0 Å². The van der Waals surface area contributed by atoms with E-state index in [4.69, 9.17) is 16.3 Å². The normalized spacial score (nSPS) is 13.4. The predicted molar refractivity (Wildman–Crippen MR) is 125 cm³/mol. The lowest BCUT2D eigenvalue weighted by Crippen LogP contribution is -2.40. The molecule has 0 aromatic heterocycles. The zero-order chi connectivity index (χ0) is 22.9. The van der Waals surface area contributed by atoms with Crippen LogP contribution in [0.1, 0.15) is 30.1 Å². The van der Waals surface area contributed by atoms with E-state index in [1.54, 1.807) is 47.4 Å². The van der Waals surface area contributed by atoms with E-state index >= 15 is 0 Å². The van der Waals surface area contributed by atoms with Crippen LogP contribution in [-0.2, 0) is 14.3 Å². The van der Waals surface area contributed by atoms with Gasteiger partial charge in [0.25, 0.3) is 5.91 Å². The molecule has 0 atom stereocenters. The molecule has 1 fully saturated rings. The molecule has 1 aliphatic rings. The molecular weight excluding hydrogens is 432 g/mol. The number of hydrogen-bond acceptors (Lipinski definition) is 5. The van der Waals surface area contributed by atoms with E-state index in [0.29, 0.717) is 60.4 Å². The Hall–Kier alpha value is -3.10. The van der Waals surface area contributed by atoms with Crippen LogP contribution in [0.4, 0.5) is 17.1 Å². The van der Waals surface area contributed by atoms with Crippen LogP contribution in [0.5, 0.6) is 0 Å². The third kappa shape index (κ3) is 6.70. The van der Waals surface area contributed by atoms with Gasteiger partial charge in [-0.05, 0) is 48.9 Å². The molecule has 0 aliphatic carbocycles. The van der Waals surface area contributed by atoms with Crippen molar-refractivity contribution in [2.75, 3.05) is 48.8 Å². The summed E-state index contributed by atoms with van der Waals surface area (Å²) in [6.45, 7) is 4.17. The number of benzene rings is 2. The van der Waals surface area contributed by atoms with E-state index in [1.807, 2.05) is 6.92 Å². The molecule has 1 saturated heterocycles. The Morgan fingerprint density at radius 1 is 0.969 bits per heavy atom. The minimum absolute atomic E-state index is 0.0134. The zero-order valence-corrected chi connectivity index (χ0v) is 18.7. The van der Waals surface area contributed by atoms with Crippen molar-refractivity contribution in [2.45, 2.75) is 19.8 Å². The maximum Gasteiger partial charge on any atom is 0.254 e. The second-order valence-corrected chi connectivity index (χ2v) is 7.78. The van der Waals surface area contributed by atoms with Crippen LogP contribution in [0.2, 0.25) is 5.02 Å². The highest BCUT2D eigenvalue weighted by atomic mass is 35.5. The van der Waals surface area contributed by atoms with Crippen LogP contribution < -0.4 is 16.0 Å². The standard InChI is InChI=1S/C23H27ClN4O4/c1-2-3-21(29)27-18-8-9-19(24)20(14-18)25-15-22(30)26-17-6-4-16(5-7-17)23(31)28-10-12-32-13-11-28/h4-9,14,25H,2-3,10-13,15H2,1H3,(H,26,30)(H,27,29). The van der Waals surface area contributed by atoms with Crippen molar-refractivity contribution in [1.82, 2.24) is 4.90 Å². The minimum atomic E-state index is -0.270. The summed E-state index contributed by atoms with van der Waals surface area (Å²) in [5.41, 5.74) is 2.30. The van der Waals surface area contributed by atoms with Gasteiger partial charge in [0.2, 0.25) is 11.8 Å². The average molecular weight is 459 g/mol. The van der Waals surface area contributed by atoms with E-state index in [-0.39, 0.29) is 24.3 Å². The van der Waals surface area contributed by atoms with Crippen molar-refractivity contribution in [3.05, 3.63) is 53.1 Å². The first-order chi connectivity index (χ1) is 15.5. The topological polar surface area (TPSA) is 99.8 Å². The summed E-state index contributed by atoms with van der Waals surface area (Å²) in [5.74, 6) is -0.392. The fourth-order valence-corrected chi connectivity index (χ4v) is 3.40. The minimum Gasteiger partial charge on any atom is -0.378 e. The molecule has 3 amide bonds. The van der Waals surface area contributed by atoms with Gasteiger partial charge >= 0.3 is 0 Å². The fraction of sp³-hybridized carbons (Fsp3) is 0.348. The molecular formula is C23H27ClN4O4. The summed E-state index contributed by atoms with van der Waals surface area (Å²) in [6, 6.07) is 11.8. The Labute approximate surface area is 192 Å². The summed E-state index contributed by atoms with van der Waals surface area (Å²) >= 11 is 6.20. The largest absolute Gasteiger partial charge is 0.378 e. The van der Waals surface area contributed by atoms with Crippen LogP contribution in [0.15, 0.2) is 42.5 Å². The number of nitrogens with zero attached hydrogens (tertiary/aromatic N) is 1. The van der Waals surface area contributed by atoms with Gasteiger partial charge in [-0.2, -0.15) is 0 Å². The molecule has 3 rings (SSSR count). The number of carbonyl (C=O) groups excluding carboxylic acids is 3. The first kappa shape index (κ1) is 23.6. The summed E-state index contributed by atoms with van der Waals surface area (Å²) in [5, 5.41) is 9.01. The van der Waals surface area contributed by atoms with Gasteiger partial charge in [-0.1, -0.05) is 18.5 Å². The number of nitrogens with one attached hydrogen (secondary N) is 3. The highest BCUT2D eigenvalue weighted by Gasteiger charge is 2.18. The van der Waals surface area contributed by atoms with Crippen molar-refractivity contribution >= 4 is 46.4 Å². The fourth-order valence-electron chi connectivity index (χ4n) is 3.21. The first-order valence-electron chi connectivity index (χ1n) is 10.6. The van der Waals surface area contributed by atoms with Crippen LogP contribution in [-0.4, -0.2) is 55.5 Å². The molecule has 0 unspecified atom stereocenters. The number of carbonyl (C=O) groups is 3. The molecule has 9 heteroatoms.